The van der Waals surface area contributed by atoms with Gasteiger partial charge in [0.2, 0.25) is 0 Å². The standard InChI is InChI=1S/C12H18O7/c1-3-18-6-5-8(11(14)15)9(12(16)17)7-10(13)19-4-2/h3-7H2,1-2H3,(H,14,15)(H,16,17). The third-order valence-electron chi connectivity index (χ3n) is 2.21. The number of ether oxygens (including phenoxy) is 2. The first-order valence-electron chi connectivity index (χ1n) is 5.85. The zero-order chi connectivity index (χ0) is 14.8. The van der Waals surface area contributed by atoms with E-state index in [1.807, 2.05) is 0 Å². The molecule has 0 spiro atoms. The monoisotopic (exact) mass is 274 g/mol. The number of carbonyl (C=O) groups is 3. The second-order valence-corrected chi connectivity index (χ2v) is 3.50. The van der Waals surface area contributed by atoms with Gasteiger partial charge in [0.05, 0.1) is 30.8 Å². The van der Waals surface area contributed by atoms with Gasteiger partial charge in [-0.15, -0.1) is 0 Å². The molecule has 0 aromatic rings. The highest BCUT2D eigenvalue weighted by Gasteiger charge is 2.23. The summed E-state index contributed by atoms with van der Waals surface area (Å²) in [5, 5.41) is 18.0. The summed E-state index contributed by atoms with van der Waals surface area (Å²) in [5.41, 5.74) is -0.806. The maximum atomic E-state index is 11.3. The highest BCUT2D eigenvalue weighted by atomic mass is 16.5. The Morgan fingerprint density at radius 1 is 0.947 bits per heavy atom. The van der Waals surface area contributed by atoms with E-state index in [0.717, 1.165) is 0 Å². The van der Waals surface area contributed by atoms with Crippen LogP contribution >= 0.6 is 0 Å². The van der Waals surface area contributed by atoms with Crippen molar-refractivity contribution in [1.29, 1.82) is 0 Å². The summed E-state index contributed by atoms with van der Waals surface area (Å²) in [6, 6.07) is 0. The summed E-state index contributed by atoms with van der Waals surface area (Å²) < 4.78 is 9.61. The Morgan fingerprint density at radius 2 is 1.53 bits per heavy atom. The SMILES string of the molecule is CCOCCC(C(=O)O)=C(CC(=O)OCC)C(=O)O. The van der Waals surface area contributed by atoms with Crippen molar-refractivity contribution in [3.8, 4) is 0 Å². The van der Waals surface area contributed by atoms with Gasteiger partial charge in [0.1, 0.15) is 0 Å². The molecular weight excluding hydrogens is 256 g/mol. The molecule has 0 unspecified atom stereocenters. The Labute approximate surface area is 110 Å². The molecule has 0 rings (SSSR count). The quantitative estimate of drug-likeness (QED) is 0.364. The molecule has 0 aliphatic heterocycles. The van der Waals surface area contributed by atoms with E-state index in [0.29, 0.717) is 6.61 Å². The zero-order valence-electron chi connectivity index (χ0n) is 11.0. The number of hydrogen-bond donors (Lipinski definition) is 2. The van der Waals surface area contributed by atoms with E-state index in [1.165, 1.54) is 0 Å². The van der Waals surface area contributed by atoms with Gasteiger partial charge in [-0.2, -0.15) is 0 Å². The van der Waals surface area contributed by atoms with Crippen LogP contribution in [0.15, 0.2) is 11.1 Å². The van der Waals surface area contributed by atoms with Gasteiger partial charge in [0.25, 0.3) is 0 Å². The van der Waals surface area contributed by atoms with E-state index in [1.54, 1.807) is 13.8 Å². The van der Waals surface area contributed by atoms with Gasteiger partial charge in [-0.25, -0.2) is 9.59 Å². The van der Waals surface area contributed by atoms with E-state index < -0.39 is 29.9 Å². The fourth-order valence-corrected chi connectivity index (χ4v) is 1.37. The lowest BCUT2D eigenvalue weighted by Gasteiger charge is -2.09. The molecule has 0 aromatic carbocycles. The molecule has 0 bridgehead atoms. The van der Waals surface area contributed by atoms with Crippen LogP contribution in [0.2, 0.25) is 0 Å². The molecule has 0 aliphatic carbocycles. The lowest BCUT2D eigenvalue weighted by molar-refractivity contribution is -0.144. The van der Waals surface area contributed by atoms with Crippen LogP contribution in [0.4, 0.5) is 0 Å². The minimum absolute atomic E-state index is 0.0792. The third kappa shape index (κ3) is 6.56. The van der Waals surface area contributed by atoms with Crippen molar-refractivity contribution < 1.29 is 34.1 Å². The molecule has 19 heavy (non-hydrogen) atoms. The van der Waals surface area contributed by atoms with Crippen LogP contribution in [0, 0.1) is 0 Å². The van der Waals surface area contributed by atoms with Crippen molar-refractivity contribution in [1.82, 2.24) is 0 Å². The molecule has 0 saturated heterocycles. The van der Waals surface area contributed by atoms with E-state index in [-0.39, 0.29) is 25.2 Å². The maximum absolute atomic E-state index is 11.3. The Balaban J connectivity index is 5.08. The highest BCUT2D eigenvalue weighted by molar-refractivity contribution is 6.01. The van der Waals surface area contributed by atoms with E-state index >= 15 is 0 Å². The Bertz CT molecular complexity index is 370. The summed E-state index contributed by atoms with van der Waals surface area (Å²) in [4.78, 5) is 33.4. The Morgan fingerprint density at radius 3 is 1.95 bits per heavy atom. The number of carboxylic acids is 2. The molecule has 0 heterocycles. The third-order valence-corrected chi connectivity index (χ3v) is 2.21. The number of carbonyl (C=O) groups excluding carboxylic acids is 1. The largest absolute Gasteiger partial charge is 0.478 e. The van der Waals surface area contributed by atoms with Gasteiger partial charge < -0.3 is 19.7 Å². The van der Waals surface area contributed by atoms with Crippen molar-refractivity contribution in [2.45, 2.75) is 26.7 Å². The molecule has 0 aliphatic rings. The minimum atomic E-state index is -1.44. The molecule has 2 N–H and O–H groups in total. The second kappa shape index (κ2) is 9.09. The first-order valence-corrected chi connectivity index (χ1v) is 5.85. The van der Waals surface area contributed by atoms with Gasteiger partial charge in [-0.1, -0.05) is 0 Å². The number of esters is 1. The second-order valence-electron chi connectivity index (χ2n) is 3.50. The molecule has 7 nitrogen and oxygen atoms in total. The summed E-state index contributed by atoms with van der Waals surface area (Å²) in [7, 11) is 0. The molecule has 0 aromatic heterocycles. The summed E-state index contributed by atoms with van der Waals surface area (Å²) in [6.07, 6.45) is -0.652. The first-order chi connectivity index (χ1) is 8.93. The molecule has 0 saturated carbocycles. The van der Waals surface area contributed by atoms with Crippen molar-refractivity contribution in [3.05, 3.63) is 11.1 Å². The molecule has 0 amide bonds. The van der Waals surface area contributed by atoms with Crippen LogP contribution in [-0.2, 0) is 23.9 Å². The predicted molar refractivity (Wildman–Crippen MR) is 64.7 cm³/mol. The van der Waals surface area contributed by atoms with Crippen molar-refractivity contribution in [3.63, 3.8) is 0 Å². The van der Waals surface area contributed by atoms with E-state index in [9.17, 15) is 14.4 Å². The van der Waals surface area contributed by atoms with E-state index in [4.69, 9.17) is 14.9 Å². The summed E-state index contributed by atoms with van der Waals surface area (Å²) >= 11 is 0. The fourth-order valence-electron chi connectivity index (χ4n) is 1.37. The minimum Gasteiger partial charge on any atom is -0.478 e. The molecule has 7 heteroatoms. The van der Waals surface area contributed by atoms with Gasteiger partial charge in [0, 0.05) is 13.0 Å². The van der Waals surface area contributed by atoms with Crippen LogP contribution in [-0.4, -0.2) is 47.9 Å². The number of carboxylic acid groups (broad SMARTS) is 2. The fraction of sp³-hybridized carbons (Fsp3) is 0.583. The predicted octanol–water partition coefficient (Wildman–Crippen LogP) is 0.832. The van der Waals surface area contributed by atoms with E-state index in [2.05, 4.69) is 4.74 Å². The van der Waals surface area contributed by atoms with Crippen molar-refractivity contribution in [2.75, 3.05) is 19.8 Å². The molecule has 0 atom stereocenters. The molecular formula is C12H18O7. The normalized spacial score (nSPS) is 11.7. The van der Waals surface area contributed by atoms with Gasteiger partial charge in [0.15, 0.2) is 0 Å². The van der Waals surface area contributed by atoms with Crippen LogP contribution in [0.1, 0.15) is 26.7 Å². The number of hydrogen-bond acceptors (Lipinski definition) is 5. The number of rotatable bonds is 9. The van der Waals surface area contributed by atoms with Gasteiger partial charge in [-0.05, 0) is 13.8 Å². The first kappa shape index (κ1) is 17.1. The zero-order valence-corrected chi connectivity index (χ0v) is 11.0. The van der Waals surface area contributed by atoms with Crippen LogP contribution in [0.25, 0.3) is 0 Å². The topological polar surface area (TPSA) is 110 Å². The van der Waals surface area contributed by atoms with Gasteiger partial charge in [-0.3, -0.25) is 4.79 Å². The number of aliphatic carboxylic acids is 2. The average molecular weight is 274 g/mol. The summed E-state index contributed by atoms with van der Waals surface area (Å²) in [6.45, 7) is 3.90. The lowest BCUT2D eigenvalue weighted by atomic mass is 10.0. The van der Waals surface area contributed by atoms with Crippen molar-refractivity contribution >= 4 is 17.9 Å². The molecule has 0 radical (unpaired) electrons. The van der Waals surface area contributed by atoms with Crippen LogP contribution < -0.4 is 0 Å². The maximum Gasteiger partial charge on any atom is 0.332 e. The smallest absolute Gasteiger partial charge is 0.332 e. The average Bonchev–Trinajstić information content (AvgIpc) is 2.32. The Kier molecular flexibility index (Phi) is 8.19. The highest BCUT2D eigenvalue weighted by Crippen LogP contribution is 2.15. The van der Waals surface area contributed by atoms with Crippen LogP contribution in [0.3, 0.4) is 0 Å². The molecule has 108 valence electrons. The van der Waals surface area contributed by atoms with Crippen LogP contribution in [0.5, 0.6) is 0 Å². The lowest BCUT2D eigenvalue weighted by Crippen LogP contribution is -2.17. The molecule has 0 fully saturated rings. The van der Waals surface area contributed by atoms with Gasteiger partial charge >= 0.3 is 17.9 Å². The summed E-state index contributed by atoms with van der Waals surface area (Å²) in [5.74, 6) is -3.58. The van der Waals surface area contributed by atoms with Crippen molar-refractivity contribution in [2.24, 2.45) is 0 Å². The Hall–Kier alpha value is -1.89.